The number of ketones is 1. The van der Waals surface area contributed by atoms with Gasteiger partial charge in [0.2, 0.25) is 5.91 Å². The number of halogens is 2. The monoisotopic (exact) mass is 494 g/mol. The molecule has 0 fully saturated rings. The quantitative estimate of drug-likeness (QED) is 0.181. The number of primary amides is 1. The third kappa shape index (κ3) is 7.78. The van der Waals surface area contributed by atoms with Gasteiger partial charge in [-0.3, -0.25) is 19.2 Å². The molecule has 33 heavy (non-hydrogen) atoms. The van der Waals surface area contributed by atoms with Crippen LogP contribution in [0.3, 0.4) is 0 Å². The lowest BCUT2D eigenvalue weighted by atomic mass is 10.0. The third-order valence-electron chi connectivity index (χ3n) is 4.25. The Bertz CT molecular complexity index is 1120. The van der Waals surface area contributed by atoms with E-state index in [-0.39, 0.29) is 47.1 Å². The summed E-state index contributed by atoms with van der Waals surface area (Å²) in [6.07, 6.45) is -0.435. The third-order valence-corrected chi connectivity index (χ3v) is 4.80. The zero-order valence-electron chi connectivity index (χ0n) is 17.4. The number of nitrogens with two attached hydrogens (primary N) is 1. The summed E-state index contributed by atoms with van der Waals surface area (Å²) >= 11 is 11.9. The molecule has 0 aliphatic heterocycles. The van der Waals surface area contributed by atoms with Crippen LogP contribution in [0.1, 0.15) is 29.6 Å². The number of rotatable bonds is 9. The van der Waals surface area contributed by atoms with Crippen LogP contribution in [0.25, 0.3) is 0 Å². The van der Waals surface area contributed by atoms with Gasteiger partial charge in [-0.15, -0.1) is 0 Å². The Morgan fingerprint density at radius 3 is 2.45 bits per heavy atom. The summed E-state index contributed by atoms with van der Waals surface area (Å²) in [5.74, 6) is -3.35. The number of carbonyl (C=O) groups is 4. The number of benzene rings is 2. The summed E-state index contributed by atoms with van der Waals surface area (Å²) < 4.78 is 4.99. The highest BCUT2D eigenvalue weighted by molar-refractivity contribution is 6.36. The molecule has 0 atom stereocenters. The Labute approximate surface area is 198 Å². The Balaban J connectivity index is 2.12. The molecule has 0 aromatic heterocycles. The number of hydrogen-bond acceptors (Lipinski definition) is 7. The summed E-state index contributed by atoms with van der Waals surface area (Å²) in [4.78, 5) is 47.4. The Morgan fingerprint density at radius 1 is 1.09 bits per heavy atom. The molecule has 10 nitrogen and oxygen atoms in total. The van der Waals surface area contributed by atoms with Gasteiger partial charge in [0.05, 0.1) is 24.2 Å². The van der Waals surface area contributed by atoms with E-state index < -0.39 is 23.5 Å². The molecule has 0 saturated heterocycles. The number of ether oxygens (including phenoxy) is 1. The van der Waals surface area contributed by atoms with Crippen LogP contribution in [-0.2, 0) is 14.4 Å². The first kappa shape index (κ1) is 25.6. The fourth-order valence-electron chi connectivity index (χ4n) is 2.57. The maximum atomic E-state index is 12.7. The predicted octanol–water partition coefficient (Wildman–Crippen LogP) is 2.66. The maximum absolute atomic E-state index is 12.7. The maximum Gasteiger partial charge on any atom is 0.329 e. The summed E-state index contributed by atoms with van der Waals surface area (Å²) in [6, 6.07) is 8.57. The number of hydrogen-bond donors (Lipinski definition) is 4. The van der Waals surface area contributed by atoms with Crippen molar-refractivity contribution >= 4 is 58.1 Å². The van der Waals surface area contributed by atoms with Crippen LogP contribution in [0.5, 0.6) is 11.5 Å². The first-order valence-electron chi connectivity index (χ1n) is 9.41. The number of carbonyl (C=O) groups excluding carboxylic acids is 4. The van der Waals surface area contributed by atoms with Gasteiger partial charge in [0.15, 0.2) is 17.3 Å². The van der Waals surface area contributed by atoms with E-state index in [1.54, 1.807) is 6.07 Å². The first-order chi connectivity index (χ1) is 15.6. The van der Waals surface area contributed by atoms with Crippen LogP contribution in [0.15, 0.2) is 41.5 Å². The van der Waals surface area contributed by atoms with E-state index in [0.717, 1.165) is 0 Å². The number of methoxy groups -OCH3 is 1. The molecule has 0 spiro atoms. The van der Waals surface area contributed by atoms with E-state index in [9.17, 15) is 24.3 Å². The van der Waals surface area contributed by atoms with Crippen LogP contribution in [0.2, 0.25) is 10.0 Å². The van der Waals surface area contributed by atoms with Crippen molar-refractivity contribution < 1.29 is 29.0 Å². The molecular formula is C21H20Cl2N4O6. The molecule has 12 heteroatoms. The highest BCUT2D eigenvalue weighted by Crippen LogP contribution is 2.27. The average molecular weight is 495 g/mol. The molecule has 2 aromatic carbocycles. The Morgan fingerprint density at radius 2 is 1.82 bits per heavy atom. The van der Waals surface area contributed by atoms with E-state index >= 15 is 0 Å². The molecule has 0 heterocycles. The molecule has 174 valence electrons. The average Bonchev–Trinajstić information content (AvgIpc) is 2.77. The number of nitrogens with zero attached hydrogens (tertiary/aromatic N) is 1. The number of aromatic hydroxyl groups is 1. The van der Waals surface area contributed by atoms with Gasteiger partial charge in [0.1, 0.15) is 0 Å². The molecular weight excluding hydrogens is 475 g/mol. The zero-order valence-corrected chi connectivity index (χ0v) is 18.9. The second-order valence-electron chi connectivity index (χ2n) is 6.64. The number of amides is 3. The van der Waals surface area contributed by atoms with Crippen LogP contribution in [-0.4, -0.2) is 41.4 Å². The minimum absolute atomic E-state index is 0.0307. The van der Waals surface area contributed by atoms with Crippen LogP contribution >= 0.6 is 23.2 Å². The number of phenolic OH excluding ortho intramolecular Hbond substituents is 1. The number of nitrogens with one attached hydrogen (secondary N) is 2. The number of Topliss-reactive ketones (excluding diaryl/α,β-unsaturated/α-hetero) is 1. The van der Waals surface area contributed by atoms with Gasteiger partial charge in [-0.25, -0.2) is 5.43 Å². The van der Waals surface area contributed by atoms with Crippen LogP contribution in [0.4, 0.5) is 5.69 Å². The van der Waals surface area contributed by atoms with Gasteiger partial charge in [0, 0.05) is 22.7 Å². The van der Waals surface area contributed by atoms with Gasteiger partial charge in [-0.05, 0) is 42.8 Å². The molecule has 0 saturated carbocycles. The van der Waals surface area contributed by atoms with E-state index in [0.29, 0.717) is 10.7 Å². The highest BCUT2D eigenvalue weighted by Gasteiger charge is 2.16. The molecule has 0 bridgehead atoms. The Kier molecular flexibility index (Phi) is 9.19. The predicted molar refractivity (Wildman–Crippen MR) is 123 cm³/mol. The lowest BCUT2D eigenvalue weighted by Gasteiger charge is -2.10. The van der Waals surface area contributed by atoms with Crippen molar-refractivity contribution in [3.05, 3.63) is 52.0 Å². The van der Waals surface area contributed by atoms with Crippen molar-refractivity contribution in [3.63, 3.8) is 0 Å². The van der Waals surface area contributed by atoms with Crippen LogP contribution in [0, 0.1) is 0 Å². The molecule has 0 radical (unpaired) electrons. The number of phenols is 1. The van der Waals surface area contributed by atoms with Gasteiger partial charge in [0.25, 0.3) is 0 Å². The standard InChI is InChI=1S/C21H20Cl2N4O6/c1-33-18-8-11(2-6-16(18)28)17(29)10-13(26-27-21(32)20(24)31)4-7-19(30)25-15-5-3-12(22)9-14(15)23/h2-3,5-6,8-9,28H,4,7,10H2,1H3,(H2,24,31)(H,25,30)(H,27,32)/b26-13+. The topological polar surface area (TPSA) is 160 Å². The smallest absolute Gasteiger partial charge is 0.329 e. The molecule has 2 rings (SSSR count). The van der Waals surface area contributed by atoms with Gasteiger partial charge < -0.3 is 20.9 Å². The van der Waals surface area contributed by atoms with Crippen molar-refractivity contribution in [3.8, 4) is 11.5 Å². The van der Waals surface area contributed by atoms with Crippen molar-refractivity contribution in [1.29, 1.82) is 0 Å². The molecule has 2 aromatic rings. The van der Waals surface area contributed by atoms with Crippen molar-refractivity contribution in [2.75, 3.05) is 12.4 Å². The lowest BCUT2D eigenvalue weighted by molar-refractivity contribution is -0.137. The first-order valence-corrected chi connectivity index (χ1v) is 10.2. The molecule has 3 amide bonds. The van der Waals surface area contributed by atoms with E-state index in [1.165, 1.54) is 37.4 Å². The summed E-state index contributed by atoms with van der Waals surface area (Å²) in [7, 11) is 1.33. The van der Waals surface area contributed by atoms with E-state index in [1.807, 2.05) is 5.43 Å². The number of anilines is 1. The minimum atomic E-state index is -1.26. The second kappa shape index (κ2) is 11.8. The summed E-state index contributed by atoms with van der Waals surface area (Å²) in [6.45, 7) is 0. The fraction of sp³-hybridized carbons (Fsp3) is 0.190. The minimum Gasteiger partial charge on any atom is -0.504 e. The lowest BCUT2D eigenvalue weighted by Crippen LogP contribution is -2.33. The normalized spacial score (nSPS) is 10.9. The van der Waals surface area contributed by atoms with Crippen molar-refractivity contribution in [2.24, 2.45) is 10.8 Å². The second-order valence-corrected chi connectivity index (χ2v) is 7.49. The van der Waals surface area contributed by atoms with E-state index in [4.69, 9.17) is 33.7 Å². The molecule has 0 aliphatic carbocycles. The van der Waals surface area contributed by atoms with Gasteiger partial charge in [-0.1, -0.05) is 23.2 Å². The van der Waals surface area contributed by atoms with E-state index in [2.05, 4.69) is 10.4 Å². The summed E-state index contributed by atoms with van der Waals surface area (Å²) in [5.41, 5.74) is 7.49. The molecule has 5 N–H and O–H groups in total. The van der Waals surface area contributed by atoms with Gasteiger partial charge >= 0.3 is 11.8 Å². The van der Waals surface area contributed by atoms with Crippen LogP contribution < -0.4 is 21.2 Å². The Hall–Kier alpha value is -3.63. The highest BCUT2D eigenvalue weighted by atomic mass is 35.5. The van der Waals surface area contributed by atoms with Crippen molar-refractivity contribution in [2.45, 2.75) is 19.3 Å². The fourth-order valence-corrected chi connectivity index (χ4v) is 3.02. The zero-order chi connectivity index (χ0) is 24.5. The SMILES string of the molecule is COc1cc(C(=O)C/C(CCC(=O)Nc2ccc(Cl)cc2Cl)=N/NC(=O)C(N)=O)ccc1O. The largest absolute Gasteiger partial charge is 0.504 e. The molecule has 0 unspecified atom stereocenters. The van der Waals surface area contributed by atoms with Gasteiger partial charge in [-0.2, -0.15) is 5.10 Å². The molecule has 0 aliphatic rings. The summed E-state index contributed by atoms with van der Waals surface area (Å²) in [5, 5.41) is 16.7. The van der Waals surface area contributed by atoms with Crippen molar-refractivity contribution in [1.82, 2.24) is 5.43 Å². The number of hydrazone groups is 1.